The fourth-order valence-corrected chi connectivity index (χ4v) is 3.42. The van der Waals surface area contributed by atoms with Crippen molar-refractivity contribution in [1.82, 2.24) is 4.98 Å². The molecule has 1 aliphatic carbocycles. The maximum absolute atomic E-state index is 13.5. The van der Waals surface area contributed by atoms with Gasteiger partial charge >= 0.3 is 0 Å². The van der Waals surface area contributed by atoms with Gasteiger partial charge in [-0.1, -0.05) is 37.3 Å². The summed E-state index contributed by atoms with van der Waals surface area (Å²) in [6.45, 7) is 2.25. The normalized spacial score (nSPS) is 20.0. The van der Waals surface area contributed by atoms with E-state index >= 15 is 0 Å². The van der Waals surface area contributed by atoms with Gasteiger partial charge < -0.3 is 0 Å². The average molecular weight is 343 g/mol. The molecule has 0 spiro atoms. The highest BCUT2D eigenvalue weighted by Crippen LogP contribution is 2.36. The van der Waals surface area contributed by atoms with Crippen molar-refractivity contribution >= 4 is 0 Å². The lowest BCUT2D eigenvalue weighted by Gasteiger charge is -2.28. The number of rotatable bonds is 2. The van der Waals surface area contributed by atoms with Gasteiger partial charge in [-0.15, -0.1) is 0 Å². The molecule has 0 N–H and O–H groups in total. The number of aromatic nitrogens is 1. The van der Waals surface area contributed by atoms with Crippen LogP contribution in [0.2, 0.25) is 0 Å². The summed E-state index contributed by atoms with van der Waals surface area (Å²) in [6.07, 6.45) is 6.26. The first-order chi connectivity index (χ1) is 12.1. The topological polar surface area (TPSA) is 12.9 Å². The number of pyridine rings is 1. The van der Waals surface area contributed by atoms with Crippen LogP contribution in [-0.2, 0) is 0 Å². The van der Waals surface area contributed by atoms with E-state index in [4.69, 9.17) is 0 Å². The largest absolute Gasteiger partial charge is 0.251 e. The third kappa shape index (κ3) is 4.22. The van der Waals surface area contributed by atoms with Gasteiger partial charge in [0.1, 0.15) is 0 Å². The molecule has 1 aliphatic rings. The van der Waals surface area contributed by atoms with Gasteiger partial charge in [-0.25, -0.2) is 4.39 Å². The lowest BCUT2D eigenvalue weighted by Crippen LogP contribution is -2.12. The predicted octanol–water partition coefficient (Wildman–Crippen LogP) is 5.58. The van der Waals surface area contributed by atoms with Crippen LogP contribution in [0.15, 0.2) is 30.3 Å². The molecule has 2 aromatic rings. The van der Waals surface area contributed by atoms with Crippen molar-refractivity contribution in [3.05, 3.63) is 64.7 Å². The molecule has 1 aromatic heterocycles. The highest BCUT2D eigenvalue weighted by molar-refractivity contribution is 5.43. The zero-order valence-corrected chi connectivity index (χ0v) is 14.2. The first-order valence-corrected chi connectivity index (χ1v) is 8.70. The molecule has 1 fully saturated rings. The average Bonchev–Trinajstić information content (AvgIpc) is 2.64. The van der Waals surface area contributed by atoms with Crippen molar-refractivity contribution in [3.8, 4) is 11.8 Å². The van der Waals surface area contributed by atoms with Gasteiger partial charge in [0.05, 0.1) is 5.56 Å². The summed E-state index contributed by atoms with van der Waals surface area (Å²) >= 11 is 0. The van der Waals surface area contributed by atoms with Crippen LogP contribution in [0.5, 0.6) is 0 Å². The summed E-state index contributed by atoms with van der Waals surface area (Å²) in [6, 6.07) is 8.62. The second-order valence-corrected chi connectivity index (χ2v) is 6.60. The minimum Gasteiger partial charge on any atom is -0.202 e. The number of hydrogen-bond donors (Lipinski definition) is 0. The van der Waals surface area contributed by atoms with Crippen molar-refractivity contribution in [3.63, 3.8) is 0 Å². The van der Waals surface area contributed by atoms with Crippen LogP contribution in [0.3, 0.4) is 0 Å². The molecule has 0 radical (unpaired) electrons. The molecule has 0 atom stereocenters. The molecule has 1 aromatic carbocycles. The zero-order valence-electron chi connectivity index (χ0n) is 14.2. The smallest absolute Gasteiger partial charge is 0.202 e. The Balaban J connectivity index is 1.71. The molecule has 0 aliphatic heterocycles. The summed E-state index contributed by atoms with van der Waals surface area (Å²) in [5.41, 5.74) is 1.76. The fourth-order valence-electron chi connectivity index (χ4n) is 3.42. The molecule has 4 heteroatoms. The van der Waals surface area contributed by atoms with Gasteiger partial charge in [0.15, 0.2) is 5.82 Å². The molecule has 0 unspecified atom stereocenters. The Morgan fingerprint density at radius 3 is 2.28 bits per heavy atom. The Morgan fingerprint density at radius 2 is 1.64 bits per heavy atom. The van der Waals surface area contributed by atoms with E-state index in [-0.39, 0.29) is 5.56 Å². The number of benzene rings is 1. The van der Waals surface area contributed by atoms with Crippen molar-refractivity contribution in [2.24, 2.45) is 5.92 Å². The van der Waals surface area contributed by atoms with Gasteiger partial charge in [-0.3, -0.25) is 0 Å². The van der Waals surface area contributed by atoms with Crippen molar-refractivity contribution in [2.45, 2.75) is 44.9 Å². The number of nitrogens with zero attached hydrogens (tertiary/aromatic N) is 1. The van der Waals surface area contributed by atoms with E-state index in [1.54, 1.807) is 0 Å². The van der Waals surface area contributed by atoms with Crippen molar-refractivity contribution in [1.29, 1.82) is 0 Å². The molecule has 3 rings (SSSR count). The zero-order chi connectivity index (χ0) is 17.8. The van der Waals surface area contributed by atoms with Gasteiger partial charge in [-0.05, 0) is 61.3 Å². The molecular formula is C21H20F3N. The van der Waals surface area contributed by atoms with E-state index in [2.05, 4.69) is 35.9 Å². The van der Waals surface area contributed by atoms with Crippen LogP contribution >= 0.6 is 0 Å². The molecule has 130 valence electrons. The quantitative estimate of drug-likeness (QED) is 0.512. The van der Waals surface area contributed by atoms with E-state index in [0.29, 0.717) is 11.5 Å². The Bertz CT molecular complexity index is 794. The Labute approximate surface area is 146 Å². The molecule has 1 heterocycles. The molecule has 25 heavy (non-hydrogen) atoms. The van der Waals surface area contributed by atoms with Gasteiger partial charge in [0.2, 0.25) is 5.95 Å². The first-order valence-electron chi connectivity index (χ1n) is 8.70. The van der Waals surface area contributed by atoms with Crippen LogP contribution in [0.1, 0.15) is 61.6 Å². The standard InChI is InChI=1S/C21H20F3N/c1-2-14-3-8-16(9-4-14)17-10-5-15(6-11-17)7-12-18-13-19(22)21(24)25-20(18)23/h5-6,10-11,13-14,16H,2-4,8-9H2,1H3/t14-,16-. The Kier molecular flexibility index (Phi) is 5.43. The van der Waals surface area contributed by atoms with Crippen LogP contribution in [0.4, 0.5) is 13.2 Å². The third-order valence-corrected chi connectivity index (χ3v) is 5.03. The summed E-state index contributed by atoms with van der Waals surface area (Å²) < 4.78 is 39.4. The third-order valence-electron chi connectivity index (χ3n) is 5.03. The van der Waals surface area contributed by atoms with Crippen molar-refractivity contribution < 1.29 is 13.2 Å². The highest BCUT2D eigenvalue weighted by atomic mass is 19.2. The van der Waals surface area contributed by atoms with Gasteiger partial charge in [0, 0.05) is 5.56 Å². The summed E-state index contributed by atoms with van der Waals surface area (Å²) in [7, 11) is 0. The van der Waals surface area contributed by atoms with E-state index in [1.807, 2.05) is 12.1 Å². The van der Waals surface area contributed by atoms with Crippen LogP contribution in [0.25, 0.3) is 0 Å². The lowest BCUT2D eigenvalue weighted by atomic mass is 9.78. The van der Waals surface area contributed by atoms with Crippen LogP contribution < -0.4 is 0 Å². The SMILES string of the molecule is CC[C@H]1CC[C@H](c2ccc(C#Cc3cc(F)c(F)nc3F)cc2)CC1. The number of halogens is 3. The van der Waals surface area contributed by atoms with E-state index in [0.717, 1.165) is 12.0 Å². The predicted molar refractivity (Wildman–Crippen MR) is 91.5 cm³/mol. The Hall–Kier alpha value is -2.28. The maximum atomic E-state index is 13.5. The highest BCUT2D eigenvalue weighted by Gasteiger charge is 2.20. The molecule has 0 saturated heterocycles. The summed E-state index contributed by atoms with van der Waals surface area (Å²) in [5, 5.41) is 0. The van der Waals surface area contributed by atoms with Crippen LogP contribution in [0, 0.1) is 35.5 Å². The minimum atomic E-state index is -1.45. The number of hydrogen-bond acceptors (Lipinski definition) is 1. The monoisotopic (exact) mass is 343 g/mol. The summed E-state index contributed by atoms with van der Waals surface area (Å²) in [4.78, 5) is 2.86. The van der Waals surface area contributed by atoms with Crippen LogP contribution in [-0.4, -0.2) is 4.98 Å². The molecule has 1 saturated carbocycles. The Morgan fingerprint density at radius 1 is 0.960 bits per heavy atom. The summed E-state index contributed by atoms with van der Waals surface area (Å²) in [5.74, 6) is 2.99. The van der Waals surface area contributed by atoms with Gasteiger partial charge in [0.25, 0.3) is 5.95 Å². The molecule has 1 nitrogen and oxygen atoms in total. The minimum absolute atomic E-state index is 0.249. The fraction of sp³-hybridized carbons (Fsp3) is 0.381. The second-order valence-electron chi connectivity index (χ2n) is 6.60. The van der Waals surface area contributed by atoms with E-state index in [9.17, 15) is 13.2 Å². The van der Waals surface area contributed by atoms with Gasteiger partial charge in [-0.2, -0.15) is 13.8 Å². The van der Waals surface area contributed by atoms with E-state index < -0.39 is 17.7 Å². The molecule has 0 amide bonds. The lowest BCUT2D eigenvalue weighted by molar-refractivity contribution is 0.319. The second kappa shape index (κ2) is 7.74. The van der Waals surface area contributed by atoms with Crippen molar-refractivity contribution in [2.75, 3.05) is 0 Å². The van der Waals surface area contributed by atoms with E-state index in [1.165, 1.54) is 37.7 Å². The first kappa shape index (κ1) is 17.5. The maximum Gasteiger partial charge on any atom is 0.251 e. The molecular weight excluding hydrogens is 323 g/mol. The molecule has 0 bridgehead atoms.